The third kappa shape index (κ3) is 5.58. The molecule has 2 amide bonds. The lowest BCUT2D eigenvalue weighted by Gasteiger charge is -2.27. The van der Waals surface area contributed by atoms with Gasteiger partial charge in [0, 0.05) is 47.2 Å². The topological polar surface area (TPSA) is 103 Å². The molecule has 13 heteroatoms. The fraction of sp³-hybridized carbons (Fsp3) is 0.241. The van der Waals surface area contributed by atoms with Crippen LogP contribution in [0.5, 0.6) is 0 Å². The predicted octanol–water partition coefficient (Wildman–Crippen LogP) is 5.73. The monoisotopic (exact) mass is 594 g/mol. The third-order valence-corrected chi connectivity index (χ3v) is 8.26. The van der Waals surface area contributed by atoms with E-state index < -0.39 is 18.1 Å². The number of rotatable bonds is 6. The van der Waals surface area contributed by atoms with Crippen molar-refractivity contribution in [1.29, 1.82) is 0 Å². The number of amides is 2. The van der Waals surface area contributed by atoms with E-state index in [0.717, 1.165) is 34.1 Å². The van der Waals surface area contributed by atoms with E-state index in [0.29, 0.717) is 35.8 Å². The number of aromatic amines is 1. The lowest BCUT2D eigenvalue weighted by Crippen LogP contribution is -2.43. The number of hydrogen-bond acceptors (Lipinski definition) is 7. The van der Waals surface area contributed by atoms with Gasteiger partial charge in [-0.2, -0.15) is 5.10 Å². The van der Waals surface area contributed by atoms with Gasteiger partial charge in [-0.25, -0.2) is 9.88 Å². The Kier molecular flexibility index (Phi) is 7.39. The molecule has 0 spiro atoms. The number of fused-ring (bicyclic) bond motifs is 3. The number of carbonyl (C=O) groups excluding carboxylic acids is 2. The van der Waals surface area contributed by atoms with Crippen molar-refractivity contribution < 1.29 is 27.5 Å². The maximum atomic E-state index is 14.2. The highest BCUT2D eigenvalue weighted by molar-refractivity contribution is 7.21. The normalized spacial score (nSPS) is 14.4. The number of anilines is 2. The number of ether oxygens (including phenoxy) is 1. The first-order valence-electron chi connectivity index (χ1n) is 13.1. The van der Waals surface area contributed by atoms with Crippen LogP contribution < -0.4 is 10.2 Å². The van der Waals surface area contributed by atoms with Gasteiger partial charge >= 0.3 is 6.30 Å². The summed E-state index contributed by atoms with van der Waals surface area (Å²) in [5.41, 5.74) is 1.74. The highest BCUT2D eigenvalue weighted by Crippen LogP contribution is 2.33. The molecule has 2 aromatic carbocycles. The Labute approximate surface area is 241 Å². The molecule has 3 aromatic heterocycles. The largest absolute Gasteiger partial charge is 0.491 e. The maximum absolute atomic E-state index is 14.2. The summed E-state index contributed by atoms with van der Waals surface area (Å²) in [6.07, 6.45) is -1.71. The van der Waals surface area contributed by atoms with Gasteiger partial charge in [-0.3, -0.25) is 19.6 Å². The molecule has 0 saturated carbocycles. The number of aromatic nitrogens is 3. The molecule has 1 aliphatic heterocycles. The van der Waals surface area contributed by atoms with Crippen LogP contribution in [0.25, 0.3) is 21.1 Å². The number of pyridine rings is 1. The van der Waals surface area contributed by atoms with Crippen LogP contribution in [-0.4, -0.2) is 64.5 Å². The molecule has 42 heavy (non-hydrogen) atoms. The van der Waals surface area contributed by atoms with E-state index in [-0.39, 0.29) is 21.8 Å². The SMILES string of the molecule is Cc1ccc(C(=O)N(c2ccc(CN3CCOCC3)cc2)C(F)(F)F)cc1NC(=O)c1cc2cnc3[nH]ncc3c2s1. The summed E-state index contributed by atoms with van der Waals surface area (Å²) in [5.74, 6) is -1.71. The molecule has 0 atom stereocenters. The molecular formula is C29H25F3N6O3S. The Balaban J connectivity index is 1.23. The fourth-order valence-electron chi connectivity index (χ4n) is 4.85. The molecule has 1 saturated heterocycles. The second-order valence-electron chi connectivity index (χ2n) is 9.93. The molecule has 0 unspecified atom stereocenters. The number of nitrogens with zero attached hydrogens (tertiary/aromatic N) is 4. The molecule has 2 N–H and O–H groups in total. The second-order valence-corrected chi connectivity index (χ2v) is 11.0. The number of aryl methyl sites for hydroxylation is 1. The van der Waals surface area contributed by atoms with Crippen molar-refractivity contribution in [2.75, 3.05) is 36.5 Å². The average molecular weight is 595 g/mol. The van der Waals surface area contributed by atoms with Crippen molar-refractivity contribution in [3.8, 4) is 0 Å². The smallest absolute Gasteiger partial charge is 0.379 e. The van der Waals surface area contributed by atoms with E-state index in [2.05, 4.69) is 25.4 Å². The van der Waals surface area contributed by atoms with Gasteiger partial charge in [0.05, 0.1) is 35.4 Å². The van der Waals surface area contributed by atoms with E-state index >= 15 is 0 Å². The number of H-pyrrole nitrogens is 1. The minimum absolute atomic E-state index is 0.184. The van der Waals surface area contributed by atoms with E-state index in [9.17, 15) is 22.8 Å². The summed E-state index contributed by atoms with van der Waals surface area (Å²) in [6, 6.07) is 11.6. The van der Waals surface area contributed by atoms with Crippen LogP contribution in [0.4, 0.5) is 24.5 Å². The van der Waals surface area contributed by atoms with Crippen LogP contribution in [0, 0.1) is 6.92 Å². The average Bonchev–Trinajstić information content (AvgIpc) is 3.62. The van der Waals surface area contributed by atoms with Gasteiger partial charge in [0.15, 0.2) is 5.65 Å². The van der Waals surface area contributed by atoms with Crippen LogP contribution in [0.1, 0.15) is 31.2 Å². The molecule has 0 bridgehead atoms. The first kappa shape index (κ1) is 27.8. The third-order valence-electron chi connectivity index (χ3n) is 7.07. The molecule has 1 aliphatic rings. The lowest BCUT2D eigenvalue weighted by molar-refractivity contribution is -0.122. The predicted molar refractivity (Wildman–Crippen MR) is 154 cm³/mol. The maximum Gasteiger partial charge on any atom is 0.491 e. The Morgan fingerprint density at radius 1 is 1.10 bits per heavy atom. The van der Waals surface area contributed by atoms with Crippen LogP contribution >= 0.6 is 11.3 Å². The van der Waals surface area contributed by atoms with Crippen LogP contribution in [0.3, 0.4) is 0 Å². The molecule has 1 fully saturated rings. The van der Waals surface area contributed by atoms with Crippen molar-refractivity contribution >= 4 is 55.6 Å². The zero-order valence-corrected chi connectivity index (χ0v) is 23.2. The Hall–Kier alpha value is -4.33. The van der Waals surface area contributed by atoms with Gasteiger partial charge in [0.1, 0.15) is 0 Å². The first-order chi connectivity index (χ1) is 20.2. The molecular weight excluding hydrogens is 569 g/mol. The van der Waals surface area contributed by atoms with Crippen molar-refractivity contribution in [2.45, 2.75) is 19.8 Å². The summed E-state index contributed by atoms with van der Waals surface area (Å²) in [5, 5.41) is 11.1. The number of carbonyl (C=O) groups is 2. The van der Waals surface area contributed by atoms with E-state index in [1.807, 2.05) is 0 Å². The number of halogens is 3. The first-order valence-corrected chi connectivity index (χ1v) is 13.9. The summed E-state index contributed by atoms with van der Waals surface area (Å²) in [6.45, 7) is 5.00. The second kappa shape index (κ2) is 11.2. The molecule has 9 nitrogen and oxygen atoms in total. The van der Waals surface area contributed by atoms with Crippen LogP contribution in [0.15, 0.2) is 60.9 Å². The molecule has 0 aliphatic carbocycles. The van der Waals surface area contributed by atoms with E-state index in [4.69, 9.17) is 4.74 Å². The van der Waals surface area contributed by atoms with Crippen molar-refractivity contribution in [2.24, 2.45) is 0 Å². The molecule has 4 heterocycles. The van der Waals surface area contributed by atoms with Gasteiger partial charge in [-0.15, -0.1) is 24.5 Å². The van der Waals surface area contributed by atoms with Crippen molar-refractivity contribution in [1.82, 2.24) is 20.1 Å². The zero-order chi connectivity index (χ0) is 29.4. The number of morpholine rings is 1. The van der Waals surface area contributed by atoms with Gasteiger partial charge in [0.2, 0.25) is 0 Å². The molecule has 6 rings (SSSR count). The Morgan fingerprint density at radius 3 is 2.60 bits per heavy atom. The summed E-state index contributed by atoms with van der Waals surface area (Å²) in [4.78, 5) is 33.1. The van der Waals surface area contributed by atoms with Crippen molar-refractivity contribution in [3.05, 3.63) is 82.5 Å². The van der Waals surface area contributed by atoms with E-state index in [1.165, 1.54) is 41.7 Å². The summed E-state index contributed by atoms with van der Waals surface area (Å²) in [7, 11) is 0. The van der Waals surface area contributed by atoms with Crippen LogP contribution in [0.2, 0.25) is 0 Å². The standard InChI is InChI=1S/C29H25F3N6O3S/c1-17-2-5-19(12-23(17)35-27(39)24-13-20-14-33-26-22(15-34-36-26)25(20)42-24)28(40)38(29(30,31)32)21-6-3-18(4-7-21)16-37-8-10-41-11-9-37/h2-7,12-15H,8-11,16H2,1H3,(H,35,39)(H,33,34,36). The highest BCUT2D eigenvalue weighted by Gasteiger charge is 2.42. The lowest BCUT2D eigenvalue weighted by atomic mass is 10.1. The Morgan fingerprint density at radius 2 is 1.86 bits per heavy atom. The molecule has 5 aromatic rings. The number of benzene rings is 2. The minimum atomic E-state index is -4.97. The number of nitrogens with one attached hydrogen (secondary N) is 2. The minimum Gasteiger partial charge on any atom is -0.379 e. The quantitative estimate of drug-likeness (QED) is 0.244. The van der Waals surface area contributed by atoms with Gasteiger partial charge < -0.3 is 10.1 Å². The van der Waals surface area contributed by atoms with Gasteiger partial charge in [-0.1, -0.05) is 18.2 Å². The highest BCUT2D eigenvalue weighted by atomic mass is 32.1. The van der Waals surface area contributed by atoms with Crippen molar-refractivity contribution in [3.63, 3.8) is 0 Å². The summed E-state index contributed by atoms with van der Waals surface area (Å²) >= 11 is 1.25. The Bertz CT molecular complexity index is 1780. The number of hydrogen-bond donors (Lipinski definition) is 2. The number of thiophene rings is 1. The molecule has 0 radical (unpaired) electrons. The number of alkyl halides is 3. The van der Waals surface area contributed by atoms with Gasteiger partial charge in [-0.05, 0) is 48.4 Å². The zero-order valence-electron chi connectivity index (χ0n) is 22.4. The summed E-state index contributed by atoms with van der Waals surface area (Å²) < 4.78 is 48.8. The van der Waals surface area contributed by atoms with E-state index in [1.54, 1.807) is 37.5 Å². The fourth-order valence-corrected chi connectivity index (χ4v) is 5.89. The van der Waals surface area contributed by atoms with Crippen LogP contribution in [-0.2, 0) is 11.3 Å². The molecule has 216 valence electrons. The van der Waals surface area contributed by atoms with Gasteiger partial charge in [0.25, 0.3) is 11.8 Å².